The van der Waals surface area contributed by atoms with Crippen molar-refractivity contribution >= 4 is 17.9 Å². The van der Waals surface area contributed by atoms with E-state index < -0.39 is 55.1 Å². The molecule has 6 atom stereocenters. The van der Waals surface area contributed by atoms with Gasteiger partial charge in [-0.3, -0.25) is 19.1 Å². The lowest BCUT2D eigenvalue weighted by Crippen LogP contribution is -2.60. The molecule has 2 rings (SSSR count). The van der Waals surface area contributed by atoms with Gasteiger partial charge >= 0.3 is 17.9 Å². The Hall–Kier alpha value is -1.75. The first kappa shape index (κ1) is 18.6. The minimum absolute atomic E-state index is 0.213. The number of ether oxygens (including phenoxy) is 7. The van der Waals surface area contributed by atoms with Crippen molar-refractivity contribution in [1.82, 2.24) is 0 Å². The third-order valence-corrected chi connectivity index (χ3v) is 3.35. The van der Waals surface area contributed by atoms with Gasteiger partial charge < -0.3 is 28.4 Å². The Kier molecular flexibility index (Phi) is 6.10. The van der Waals surface area contributed by atoms with Crippen LogP contribution in [0.5, 0.6) is 0 Å². The van der Waals surface area contributed by atoms with E-state index in [2.05, 4.69) is 0 Å². The second-order valence-corrected chi connectivity index (χ2v) is 5.25. The molecule has 0 aliphatic carbocycles. The van der Waals surface area contributed by atoms with Crippen LogP contribution in [0.25, 0.3) is 0 Å². The van der Waals surface area contributed by atoms with Crippen molar-refractivity contribution < 1.29 is 47.5 Å². The molecule has 24 heavy (non-hydrogen) atoms. The minimum atomic E-state index is -1.04. The number of carbonyl (C=O) groups excluding carboxylic acids is 3. The van der Waals surface area contributed by atoms with E-state index in [1.54, 1.807) is 0 Å². The molecule has 0 radical (unpaired) electrons. The summed E-state index contributed by atoms with van der Waals surface area (Å²) in [5.74, 6) is -1.76. The zero-order valence-corrected chi connectivity index (χ0v) is 13.8. The Balaban J connectivity index is 2.24. The second kappa shape index (κ2) is 7.88. The van der Waals surface area contributed by atoms with Gasteiger partial charge in [0.25, 0.3) is 6.48 Å². The van der Waals surface area contributed by atoms with Crippen molar-refractivity contribution in [2.24, 2.45) is 0 Å². The van der Waals surface area contributed by atoms with E-state index in [1.165, 1.54) is 27.9 Å². The van der Waals surface area contributed by atoms with Crippen LogP contribution in [-0.2, 0) is 47.5 Å². The van der Waals surface area contributed by atoms with Crippen LogP contribution in [0.2, 0.25) is 0 Å². The van der Waals surface area contributed by atoms with Gasteiger partial charge in [-0.1, -0.05) is 0 Å². The molecule has 5 unspecified atom stereocenters. The fourth-order valence-electron chi connectivity index (χ4n) is 2.51. The molecule has 0 aromatic carbocycles. The second-order valence-electron chi connectivity index (χ2n) is 5.25. The first-order valence-corrected chi connectivity index (χ1v) is 7.28. The van der Waals surface area contributed by atoms with Crippen LogP contribution < -0.4 is 0 Å². The van der Waals surface area contributed by atoms with Crippen molar-refractivity contribution in [2.45, 2.75) is 58.0 Å². The molecule has 2 saturated heterocycles. The lowest BCUT2D eigenvalue weighted by molar-refractivity contribution is -0.274. The Morgan fingerprint density at radius 2 is 1.50 bits per heavy atom. The highest BCUT2D eigenvalue weighted by Gasteiger charge is 2.56. The molecule has 2 aliphatic rings. The molecule has 0 spiro atoms. The largest absolute Gasteiger partial charge is 0.463 e. The van der Waals surface area contributed by atoms with Gasteiger partial charge in [-0.2, -0.15) is 0 Å². The van der Waals surface area contributed by atoms with Gasteiger partial charge in [-0.15, -0.1) is 0 Å². The molecular formula is C14H20O10. The molecule has 0 aromatic rings. The Bertz CT molecular complexity index is 492. The van der Waals surface area contributed by atoms with Crippen LogP contribution >= 0.6 is 0 Å². The summed E-state index contributed by atoms with van der Waals surface area (Å²) in [5, 5.41) is 0. The number of rotatable bonds is 5. The highest BCUT2D eigenvalue weighted by atomic mass is 16.9. The summed E-state index contributed by atoms with van der Waals surface area (Å²) < 4.78 is 36.8. The van der Waals surface area contributed by atoms with Crippen molar-refractivity contribution in [3.63, 3.8) is 0 Å². The third-order valence-electron chi connectivity index (χ3n) is 3.35. The molecule has 0 saturated carbocycles. The van der Waals surface area contributed by atoms with Crippen molar-refractivity contribution in [2.75, 3.05) is 13.7 Å². The molecule has 10 heteroatoms. The summed E-state index contributed by atoms with van der Waals surface area (Å²) >= 11 is 0. The normalized spacial score (nSPS) is 35.0. The molecule has 136 valence electrons. The first-order valence-electron chi connectivity index (χ1n) is 7.28. The predicted molar refractivity (Wildman–Crippen MR) is 73.2 cm³/mol. The zero-order chi connectivity index (χ0) is 17.9. The van der Waals surface area contributed by atoms with Crippen molar-refractivity contribution in [3.05, 3.63) is 0 Å². The van der Waals surface area contributed by atoms with Gasteiger partial charge in [-0.05, 0) is 0 Å². The average Bonchev–Trinajstić information content (AvgIpc) is 2.89. The number of esters is 3. The molecule has 0 N–H and O–H groups in total. The Morgan fingerprint density at radius 1 is 0.875 bits per heavy atom. The van der Waals surface area contributed by atoms with E-state index in [0.717, 1.165) is 0 Å². The van der Waals surface area contributed by atoms with Crippen LogP contribution in [0.1, 0.15) is 20.8 Å². The van der Waals surface area contributed by atoms with Crippen LogP contribution in [-0.4, -0.2) is 68.8 Å². The van der Waals surface area contributed by atoms with E-state index in [4.69, 9.17) is 33.2 Å². The zero-order valence-electron chi connectivity index (χ0n) is 13.8. The van der Waals surface area contributed by atoms with E-state index >= 15 is 0 Å². The molecular weight excluding hydrogens is 328 g/mol. The fourth-order valence-corrected chi connectivity index (χ4v) is 2.51. The SMILES string of the molecule is CO[C@H]1OC2OC(COC(C)=O)C(OC(C)=O)C(OC(C)=O)C2O1. The summed E-state index contributed by atoms with van der Waals surface area (Å²) in [4.78, 5) is 33.9. The van der Waals surface area contributed by atoms with E-state index in [0.29, 0.717) is 0 Å². The molecule has 2 heterocycles. The average molecular weight is 348 g/mol. The minimum Gasteiger partial charge on any atom is -0.463 e. The van der Waals surface area contributed by atoms with Gasteiger partial charge in [0.2, 0.25) is 0 Å². The lowest BCUT2D eigenvalue weighted by Gasteiger charge is -2.40. The lowest BCUT2D eigenvalue weighted by atomic mass is 9.98. The van der Waals surface area contributed by atoms with E-state index in [1.807, 2.05) is 0 Å². The predicted octanol–water partition coefficient (Wildman–Crippen LogP) is -0.517. The van der Waals surface area contributed by atoms with E-state index in [9.17, 15) is 14.4 Å². The van der Waals surface area contributed by atoms with E-state index in [-0.39, 0.29) is 6.61 Å². The smallest absolute Gasteiger partial charge is 0.303 e. The van der Waals surface area contributed by atoms with Gasteiger partial charge in [0.15, 0.2) is 24.6 Å². The number of fused-ring (bicyclic) bond motifs is 1. The van der Waals surface area contributed by atoms with Crippen molar-refractivity contribution in [1.29, 1.82) is 0 Å². The van der Waals surface area contributed by atoms with Crippen LogP contribution in [0.3, 0.4) is 0 Å². The van der Waals surface area contributed by atoms with Crippen LogP contribution in [0, 0.1) is 0 Å². The third kappa shape index (κ3) is 4.41. The van der Waals surface area contributed by atoms with Gasteiger partial charge in [0.1, 0.15) is 12.7 Å². The molecule has 2 fully saturated rings. The summed E-state index contributed by atoms with van der Waals surface area (Å²) in [6, 6.07) is 0. The molecule has 10 nitrogen and oxygen atoms in total. The maximum atomic E-state index is 11.4. The van der Waals surface area contributed by atoms with Crippen molar-refractivity contribution in [3.8, 4) is 0 Å². The quantitative estimate of drug-likeness (QED) is 0.475. The fraction of sp³-hybridized carbons (Fsp3) is 0.786. The van der Waals surface area contributed by atoms with Gasteiger partial charge in [0, 0.05) is 27.9 Å². The number of methoxy groups -OCH3 is 1. The first-order chi connectivity index (χ1) is 11.3. The van der Waals surface area contributed by atoms with Gasteiger partial charge in [0.05, 0.1) is 0 Å². The maximum absolute atomic E-state index is 11.4. The summed E-state index contributed by atoms with van der Waals surface area (Å²) in [6.45, 7) is 2.40. The Morgan fingerprint density at radius 3 is 2.04 bits per heavy atom. The van der Waals surface area contributed by atoms with Gasteiger partial charge in [-0.25, -0.2) is 0 Å². The highest BCUT2D eigenvalue weighted by molar-refractivity contribution is 5.67. The summed E-state index contributed by atoms with van der Waals surface area (Å²) in [6.07, 6.45) is -4.75. The number of carbonyl (C=O) groups is 3. The monoisotopic (exact) mass is 348 g/mol. The summed E-state index contributed by atoms with van der Waals surface area (Å²) in [5.41, 5.74) is 0. The Labute approximate surface area is 138 Å². The maximum Gasteiger partial charge on any atom is 0.303 e. The number of hydrogen-bond donors (Lipinski definition) is 0. The topological polar surface area (TPSA) is 116 Å². The molecule has 0 amide bonds. The summed E-state index contributed by atoms with van der Waals surface area (Å²) in [7, 11) is 1.36. The molecule has 2 aliphatic heterocycles. The molecule has 0 bridgehead atoms. The van der Waals surface area contributed by atoms with Crippen LogP contribution in [0.15, 0.2) is 0 Å². The van der Waals surface area contributed by atoms with Crippen LogP contribution in [0.4, 0.5) is 0 Å². The molecule has 0 aromatic heterocycles. The number of hydrogen-bond acceptors (Lipinski definition) is 10. The standard InChI is InChI=1S/C14H20O10/c1-6(15)19-5-9-10(20-7(2)16)11(21-8(3)17)12-13(22-9)24-14(18-4)23-12/h9-14H,5H2,1-4H3/t9?,10?,11?,12?,13?,14-/m1/s1. The highest BCUT2D eigenvalue weighted by Crippen LogP contribution is 2.34.